The van der Waals surface area contributed by atoms with Crippen LogP contribution in [-0.2, 0) is 13.6 Å². The molecule has 0 fully saturated rings. The number of carbonyl (C=O) groups is 1. The van der Waals surface area contributed by atoms with Gasteiger partial charge < -0.3 is 14.8 Å². The maximum absolute atomic E-state index is 12.6. The molecule has 0 bridgehead atoms. The molecule has 0 aliphatic heterocycles. The van der Waals surface area contributed by atoms with Gasteiger partial charge in [0.2, 0.25) is 0 Å². The summed E-state index contributed by atoms with van der Waals surface area (Å²) in [6, 6.07) is 5.83. The Balaban J connectivity index is 1.77. The topological polar surface area (TPSA) is 55.1 Å². The molecule has 2 heterocycles. The first-order chi connectivity index (χ1) is 11.9. The van der Waals surface area contributed by atoms with Gasteiger partial charge in [0.15, 0.2) is 0 Å². The second-order valence-electron chi connectivity index (χ2n) is 6.75. The van der Waals surface area contributed by atoms with Crippen LogP contribution in [0.25, 0.3) is 10.9 Å². The van der Waals surface area contributed by atoms with E-state index in [1.165, 1.54) is 11.3 Å². The Hall–Kier alpha value is -2.60. The summed E-state index contributed by atoms with van der Waals surface area (Å²) >= 11 is 0. The Kier molecular flexibility index (Phi) is 4.63. The first-order valence-electron chi connectivity index (χ1n) is 8.41. The molecule has 1 aromatic carbocycles. The number of benzene rings is 1. The minimum Gasteiger partial charge on any atom is -0.348 e. The maximum atomic E-state index is 12.6. The fourth-order valence-corrected chi connectivity index (χ4v) is 2.95. The summed E-state index contributed by atoms with van der Waals surface area (Å²) in [5.74, 6) is -0.116. The van der Waals surface area contributed by atoms with Crippen LogP contribution in [0.5, 0.6) is 0 Å². The summed E-state index contributed by atoms with van der Waals surface area (Å²) in [7, 11) is 6.10. The Morgan fingerprint density at radius 3 is 2.76 bits per heavy atom. The van der Waals surface area contributed by atoms with Crippen molar-refractivity contribution in [2.75, 3.05) is 26.0 Å². The Labute approximate surface area is 148 Å². The fraction of sp³-hybridized carbons (Fsp3) is 0.368. The van der Waals surface area contributed by atoms with Crippen molar-refractivity contribution in [2.24, 2.45) is 7.05 Å². The molecule has 1 amide bonds. The first kappa shape index (κ1) is 17.2. The number of nitrogens with zero attached hydrogens (tertiary/aromatic N) is 4. The molecular weight excluding hydrogens is 314 g/mol. The van der Waals surface area contributed by atoms with Gasteiger partial charge in [-0.15, -0.1) is 0 Å². The van der Waals surface area contributed by atoms with Gasteiger partial charge in [-0.3, -0.25) is 9.48 Å². The number of aromatic nitrogens is 3. The molecule has 6 nitrogen and oxygen atoms in total. The Morgan fingerprint density at radius 1 is 1.28 bits per heavy atom. The van der Waals surface area contributed by atoms with E-state index in [2.05, 4.69) is 33.7 Å². The van der Waals surface area contributed by atoms with E-state index in [0.29, 0.717) is 11.3 Å². The van der Waals surface area contributed by atoms with Crippen molar-refractivity contribution in [1.82, 2.24) is 19.2 Å². The van der Waals surface area contributed by atoms with Gasteiger partial charge in [0.05, 0.1) is 18.4 Å². The molecule has 3 rings (SSSR count). The fourth-order valence-electron chi connectivity index (χ4n) is 2.95. The molecule has 25 heavy (non-hydrogen) atoms. The molecule has 0 atom stereocenters. The summed E-state index contributed by atoms with van der Waals surface area (Å²) in [6.45, 7) is 5.88. The van der Waals surface area contributed by atoms with Crippen molar-refractivity contribution in [3.05, 3.63) is 47.4 Å². The summed E-state index contributed by atoms with van der Waals surface area (Å²) < 4.78 is 3.99. The van der Waals surface area contributed by atoms with Crippen molar-refractivity contribution in [1.29, 1.82) is 0 Å². The van der Waals surface area contributed by atoms with Gasteiger partial charge in [0, 0.05) is 41.9 Å². The number of rotatable bonds is 5. The molecule has 132 valence electrons. The van der Waals surface area contributed by atoms with Crippen molar-refractivity contribution in [3.8, 4) is 0 Å². The van der Waals surface area contributed by atoms with Crippen molar-refractivity contribution in [2.45, 2.75) is 20.4 Å². The van der Waals surface area contributed by atoms with Crippen LogP contribution in [0.1, 0.15) is 21.6 Å². The number of likely N-dealkylation sites (N-methyl/N-ethyl adjacent to an activating group) is 1. The van der Waals surface area contributed by atoms with Gasteiger partial charge in [-0.1, -0.05) is 0 Å². The van der Waals surface area contributed by atoms with E-state index in [4.69, 9.17) is 0 Å². The SMILES string of the molecule is Cc1c(C)n(C)c2ccc(C(=O)Nc3cnn(CCN(C)C)c3)cc12. The second-order valence-corrected chi connectivity index (χ2v) is 6.75. The standard InChI is InChI=1S/C19H25N5O/c1-13-14(2)23(5)18-7-6-15(10-17(13)18)19(25)21-16-11-20-24(12-16)9-8-22(3)4/h6-7,10-12H,8-9H2,1-5H3,(H,21,25). The third-order valence-electron chi connectivity index (χ3n) is 4.74. The molecule has 0 radical (unpaired) electrons. The zero-order valence-electron chi connectivity index (χ0n) is 15.5. The molecular formula is C19H25N5O. The van der Waals surface area contributed by atoms with Crippen LogP contribution >= 0.6 is 0 Å². The first-order valence-corrected chi connectivity index (χ1v) is 8.41. The molecule has 0 aliphatic rings. The number of hydrogen-bond donors (Lipinski definition) is 1. The smallest absolute Gasteiger partial charge is 0.255 e. The van der Waals surface area contributed by atoms with Crippen molar-refractivity contribution in [3.63, 3.8) is 0 Å². The lowest BCUT2D eigenvalue weighted by atomic mass is 10.1. The number of carbonyl (C=O) groups excluding carboxylic acids is 1. The maximum Gasteiger partial charge on any atom is 0.255 e. The second kappa shape index (κ2) is 6.72. The number of amides is 1. The normalized spacial score (nSPS) is 11.4. The molecule has 2 aromatic heterocycles. The van der Waals surface area contributed by atoms with Crippen LogP contribution in [0.4, 0.5) is 5.69 Å². The lowest BCUT2D eigenvalue weighted by molar-refractivity contribution is 0.102. The quantitative estimate of drug-likeness (QED) is 0.778. The number of anilines is 1. The third kappa shape index (κ3) is 3.44. The Morgan fingerprint density at radius 2 is 2.04 bits per heavy atom. The average molecular weight is 339 g/mol. The molecule has 1 N–H and O–H groups in total. The van der Waals surface area contributed by atoms with Gasteiger partial charge in [-0.25, -0.2) is 0 Å². The zero-order chi connectivity index (χ0) is 18.1. The van der Waals surface area contributed by atoms with Gasteiger partial charge in [-0.05, 0) is 51.7 Å². The Bertz CT molecular complexity index is 919. The highest BCUT2D eigenvalue weighted by Crippen LogP contribution is 2.25. The summed E-state index contributed by atoms with van der Waals surface area (Å²) in [5, 5.41) is 8.33. The number of aryl methyl sites for hydroxylation is 2. The van der Waals surface area contributed by atoms with Gasteiger partial charge in [0.25, 0.3) is 5.91 Å². The lowest BCUT2D eigenvalue weighted by Crippen LogP contribution is -2.18. The van der Waals surface area contributed by atoms with E-state index in [0.717, 1.165) is 24.0 Å². The number of fused-ring (bicyclic) bond motifs is 1. The molecule has 3 aromatic rings. The molecule has 0 unspecified atom stereocenters. The molecule has 6 heteroatoms. The summed E-state index contributed by atoms with van der Waals surface area (Å²) in [5.41, 5.74) is 4.94. The van der Waals surface area contributed by atoms with E-state index >= 15 is 0 Å². The van der Waals surface area contributed by atoms with E-state index in [9.17, 15) is 4.79 Å². The number of nitrogens with one attached hydrogen (secondary N) is 1. The highest BCUT2D eigenvalue weighted by molar-refractivity contribution is 6.06. The van der Waals surface area contributed by atoms with E-state index < -0.39 is 0 Å². The molecule has 0 saturated carbocycles. The molecule has 0 spiro atoms. The number of hydrogen-bond acceptors (Lipinski definition) is 3. The zero-order valence-corrected chi connectivity index (χ0v) is 15.5. The van der Waals surface area contributed by atoms with Crippen LogP contribution in [-0.4, -0.2) is 45.8 Å². The predicted octanol–water partition coefficient (Wildman–Crippen LogP) is 2.81. The molecule has 0 aliphatic carbocycles. The monoisotopic (exact) mass is 339 g/mol. The van der Waals surface area contributed by atoms with E-state index in [-0.39, 0.29) is 5.91 Å². The van der Waals surface area contributed by atoms with Crippen molar-refractivity contribution < 1.29 is 4.79 Å². The summed E-state index contributed by atoms with van der Waals surface area (Å²) in [6.07, 6.45) is 3.54. The largest absolute Gasteiger partial charge is 0.348 e. The van der Waals surface area contributed by atoms with Crippen LogP contribution in [0.15, 0.2) is 30.6 Å². The van der Waals surface area contributed by atoms with Crippen molar-refractivity contribution >= 4 is 22.5 Å². The van der Waals surface area contributed by atoms with Crippen LogP contribution in [0.3, 0.4) is 0 Å². The summed E-state index contributed by atoms with van der Waals surface area (Å²) in [4.78, 5) is 14.7. The average Bonchev–Trinajstić information content (AvgIpc) is 3.12. The lowest BCUT2D eigenvalue weighted by Gasteiger charge is -2.08. The highest BCUT2D eigenvalue weighted by atomic mass is 16.1. The minimum atomic E-state index is -0.116. The van der Waals surface area contributed by atoms with E-state index in [1.807, 2.05) is 50.2 Å². The third-order valence-corrected chi connectivity index (χ3v) is 4.74. The van der Waals surface area contributed by atoms with E-state index in [1.54, 1.807) is 6.20 Å². The predicted molar refractivity (Wildman–Crippen MR) is 101 cm³/mol. The van der Waals surface area contributed by atoms with Crippen LogP contribution in [0, 0.1) is 13.8 Å². The molecule has 0 saturated heterocycles. The van der Waals surface area contributed by atoms with Gasteiger partial charge in [-0.2, -0.15) is 5.10 Å². The van der Waals surface area contributed by atoms with Gasteiger partial charge in [0.1, 0.15) is 0 Å². The van der Waals surface area contributed by atoms with Crippen LogP contribution in [0.2, 0.25) is 0 Å². The van der Waals surface area contributed by atoms with Gasteiger partial charge >= 0.3 is 0 Å². The van der Waals surface area contributed by atoms with Crippen LogP contribution < -0.4 is 5.32 Å². The highest BCUT2D eigenvalue weighted by Gasteiger charge is 2.13. The minimum absolute atomic E-state index is 0.116.